The van der Waals surface area contributed by atoms with Gasteiger partial charge in [0.1, 0.15) is 11.9 Å². The summed E-state index contributed by atoms with van der Waals surface area (Å²) in [5.41, 5.74) is 0.160. The van der Waals surface area contributed by atoms with E-state index in [1.807, 2.05) is 11.4 Å². The average molecular weight is 617 g/mol. The van der Waals surface area contributed by atoms with Crippen molar-refractivity contribution in [2.24, 2.45) is 22.7 Å². The number of carbonyl (C=O) groups excluding carboxylic acids is 1. The molecule has 0 radical (unpaired) electrons. The second-order valence-electron chi connectivity index (χ2n) is 15.3. The van der Waals surface area contributed by atoms with Gasteiger partial charge in [-0.05, 0) is 99.9 Å². The summed E-state index contributed by atoms with van der Waals surface area (Å²) in [5.74, 6) is -0.466. The minimum absolute atomic E-state index is 0.0383. The maximum atomic E-state index is 14.7. The molecule has 0 amide bonds. The van der Waals surface area contributed by atoms with Crippen LogP contribution in [0.25, 0.3) is 0 Å². The highest BCUT2D eigenvalue weighted by atomic mass is 32.2. The maximum Gasteiger partial charge on any atom is 0.311 e. The van der Waals surface area contributed by atoms with Gasteiger partial charge in [0.25, 0.3) is 0 Å². The number of carbonyl (C=O) groups is 1. The van der Waals surface area contributed by atoms with Crippen LogP contribution in [0.3, 0.4) is 0 Å². The quantitative estimate of drug-likeness (QED) is 0.298. The summed E-state index contributed by atoms with van der Waals surface area (Å²) in [6.45, 7) is 5.91. The zero-order valence-corrected chi connectivity index (χ0v) is 27.4. The van der Waals surface area contributed by atoms with Crippen LogP contribution in [-0.4, -0.2) is 67.7 Å². The van der Waals surface area contributed by atoms with Crippen molar-refractivity contribution in [3.05, 3.63) is 35.6 Å². The topological polar surface area (TPSA) is 66.9 Å². The predicted molar refractivity (Wildman–Crippen MR) is 168 cm³/mol. The van der Waals surface area contributed by atoms with E-state index in [4.69, 9.17) is 4.74 Å². The van der Waals surface area contributed by atoms with Crippen LogP contribution in [-0.2, 0) is 19.6 Å². The monoisotopic (exact) mass is 616 g/mol. The molecule has 6 rings (SSSR count). The zero-order chi connectivity index (χ0) is 30.4. The van der Waals surface area contributed by atoms with Gasteiger partial charge in [0.05, 0.1) is 11.7 Å². The Morgan fingerprint density at radius 2 is 1.56 bits per heavy atom. The first-order chi connectivity index (χ1) is 20.5. The molecule has 5 atom stereocenters. The smallest absolute Gasteiger partial charge is 0.311 e. The van der Waals surface area contributed by atoms with E-state index in [1.54, 1.807) is 12.1 Å². The molecule has 2 bridgehead atoms. The number of ether oxygens (including phenoxy) is 1. The molecular formula is C35H53FN2O4S. The number of esters is 1. The molecule has 1 saturated heterocycles. The summed E-state index contributed by atoms with van der Waals surface area (Å²) in [5, 5.41) is 0. The molecule has 1 aromatic carbocycles. The highest BCUT2D eigenvalue weighted by Gasteiger charge is 2.67. The summed E-state index contributed by atoms with van der Waals surface area (Å²) >= 11 is 0. The van der Waals surface area contributed by atoms with E-state index in [0.717, 1.165) is 89.2 Å². The van der Waals surface area contributed by atoms with Crippen LogP contribution in [0.5, 0.6) is 0 Å². The minimum Gasteiger partial charge on any atom is -0.461 e. The first-order valence-corrected chi connectivity index (χ1v) is 18.8. The summed E-state index contributed by atoms with van der Waals surface area (Å²) in [6.07, 6.45) is 13.6. The highest BCUT2D eigenvalue weighted by Crippen LogP contribution is 2.67. The summed E-state index contributed by atoms with van der Waals surface area (Å²) in [4.78, 5) is 16.3. The van der Waals surface area contributed by atoms with E-state index in [-0.39, 0.29) is 46.9 Å². The lowest BCUT2D eigenvalue weighted by Crippen LogP contribution is -2.55. The third kappa shape index (κ3) is 5.94. The van der Waals surface area contributed by atoms with Gasteiger partial charge in [-0.3, -0.25) is 4.79 Å². The molecule has 240 valence electrons. The van der Waals surface area contributed by atoms with Gasteiger partial charge in [0, 0.05) is 24.0 Å². The zero-order valence-electron chi connectivity index (χ0n) is 26.6. The van der Waals surface area contributed by atoms with Gasteiger partial charge in [-0.15, -0.1) is 0 Å². The number of nitrogens with zero attached hydrogens (tertiary/aromatic N) is 2. The number of rotatable bonds is 8. The van der Waals surface area contributed by atoms with Gasteiger partial charge < -0.3 is 9.64 Å². The number of hydrogen-bond acceptors (Lipinski definition) is 5. The van der Waals surface area contributed by atoms with E-state index in [2.05, 4.69) is 18.7 Å². The Morgan fingerprint density at radius 3 is 2.14 bits per heavy atom. The number of fused-ring (bicyclic) bond motifs is 2. The molecule has 4 saturated carbocycles. The number of piperidine rings is 1. The Balaban J connectivity index is 1.27. The Bertz CT molecular complexity index is 1220. The van der Waals surface area contributed by atoms with Crippen LogP contribution >= 0.6 is 0 Å². The van der Waals surface area contributed by atoms with Crippen LogP contribution in [0.4, 0.5) is 4.39 Å². The average Bonchev–Trinajstić information content (AvgIpc) is 3.33. The fourth-order valence-corrected chi connectivity index (χ4v) is 12.9. The molecule has 5 unspecified atom stereocenters. The van der Waals surface area contributed by atoms with Crippen LogP contribution in [0.15, 0.2) is 24.3 Å². The molecule has 0 aromatic heterocycles. The number of sulfonamides is 1. The van der Waals surface area contributed by atoms with Crippen molar-refractivity contribution < 1.29 is 22.3 Å². The largest absolute Gasteiger partial charge is 0.461 e. The van der Waals surface area contributed by atoms with Gasteiger partial charge in [-0.2, -0.15) is 4.31 Å². The predicted octanol–water partition coefficient (Wildman–Crippen LogP) is 6.90. The fraction of sp³-hybridized carbons (Fsp3) is 0.800. The number of hydrogen-bond donors (Lipinski definition) is 0. The highest BCUT2D eigenvalue weighted by molar-refractivity contribution is 7.89. The van der Waals surface area contributed by atoms with E-state index in [0.29, 0.717) is 12.5 Å². The molecule has 1 aromatic rings. The number of likely N-dealkylation sites (tertiary alicyclic amines) is 1. The van der Waals surface area contributed by atoms with Crippen molar-refractivity contribution in [1.82, 2.24) is 9.21 Å². The standard InChI is InChI=1S/C35H53FN2O4S/c1-34(2)26-18-20-35(34,24-43(40,41)38(28-10-6-4-7-11-28)29-12-8-5-9-13-29)32(22-26)42-33(39)31-23-37(3)21-19-30(31)25-14-16-27(36)17-15-25/h14-17,26,28-32H,4-13,18-24H2,1-3H3. The second-order valence-corrected chi connectivity index (χ2v) is 17.1. The SMILES string of the molecule is CN1CCC(c2ccc(F)cc2)C(C(=O)OC2CC3CCC2(CS(=O)(=O)N(C2CCCCC2)C2CCCCC2)C3(C)C)C1. The first-order valence-electron chi connectivity index (χ1n) is 17.2. The van der Waals surface area contributed by atoms with Crippen LogP contribution in [0.1, 0.15) is 115 Å². The molecule has 5 aliphatic rings. The van der Waals surface area contributed by atoms with Crippen molar-refractivity contribution in [3.8, 4) is 0 Å². The molecule has 4 aliphatic carbocycles. The molecular weight excluding hydrogens is 563 g/mol. The van der Waals surface area contributed by atoms with Gasteiger partial charge in [0.15, 0.2) is 0 Å². The molecule has 43 heavy (non-hydrogen) atoms. The lowest BCUT2D eigenvalue weighted by molar-refractivity contribution is -0.164. The Labute approximate surface area is 259 Å². The minimum atomic E-state index is -3.58. The third-order valence-electron chi connectivity index (χ3n) is 12.7. The molecule has 1 aliphatic heterocycles. The van der Waals surface area contributed by atoms with E-state index in [1.165, 1.54) is 25.0 Å². The fourth-order valence-electron chi connectivity index (χ4n) is 10.0. The van der Waals surface area contributed by atoms with Crippen LogP contribution < -0.4 is 0 Å². The Morgan fingerprint density at radius 1 is 0.953 bits per heavy atom. The Hall–Kier alpha value is -1.51. The molecule has 5 fully saturated rings. The summed E-state index contributed by atoms with van der Waals surface area (Å²) in [7, 11) is -1.55. The normalized spacial score (nSPS) is 34.1. The lowest BCUT2D eigenvalue weighted by atomic mass is 9.69. The van der Waals surface area contributed by atoms with E-state index >= 15 is 0 Å². The molecule has 8 heteroatoms. The van der Waals surface area contributed by atoms with Crippen molar-refractivity contribution in [1.29, 1.82) is 0 Å². The molecule has 1 heterocycles. The van der Waals surface area contributed by atoms with Crippen LogP contribution in [0.2, 0.25) is 0 Å². The Kier molecular flexibility index (Phi) is 9.04. The molecule has 0 N–H and O–H groups in total. The van der Waals surface area contributed by atoms with Crippen LogP contribution in [0, 0.1) is 28.5 Å². The van der Waals surface area contributed by atoms with Gasteiger partial charge in [0.2, 0.25) is 10.0 Å². The molecule has 0 spiro atoms. The summed E-state index contributed by atoms with van der Waals surface area (Å²) in [6, 6.07) is 6.75. The van der Waals surface area contributed by atoms with Crippen molar-refractivity contribution in [2.75, 3.05) is 25.9 Å². The van der Waals surface area contributed by atoms with E-state index < -0.39 is 21.5 Å². The first kappa shape index (κ1) is 31.5. The van der Waals surface area contributed by atoms with E-state index in [9.17, 15) is 17.6 Å². The molecule has 6 nitrogen and oxygen atoms in total. The van der Waals surface area contributed by atoms with Gasteiger partial charge in [-0.25, -0.2) is 12.8 Å². The second kappa shape index (κ2) is 12.4. The van der Waals surface area contributed by atoms with Crippen molar-refractivity contribution in [3.63, 3.8) is 0 Å². The summed E-state index contributed by atoms with van der Waals surface area (Å²) < 4.78 is 51.8. The third-order valence-corrected chi connectivity index (χ3v) is 14.8. The number of benzene rings is 1. The van der Waals surface area contributed by atoms with Crippen molar-refractivity contribution in [2.45, 2.75) is 128 Å². The van der Waals surface area contributed by atoms with Crippen molar-refractivity contribution >= 4 is 16.0 Å². The van der Waals surface area contributed by atoms with Gasteiger partial charge in [-0.1, -0.05) is 64.5 Å². The van der Waals surface area contributed by atoms with Gasteiger partial charge >= 0.3 is 5.97 Å². The maximum absolute atomic E-state index is 14.7. The lowest BCUT2D eigenvalue weighted by Gasteiger charge is -2.46. The number of halogens is 1.